The van der Waals surface area contributed by atoms with Crippen molar-refractivity contribution in [1.82, 2.24) is 10.2 Å². The Morgan fingerprint density at radius 3 is 2.10 bits per heavy atom. The molecular formula is C30H36ClN3O4S. The first kappa shape index (κ1) is 30.2. The smallest absolute Gasteiger partial charge is 0.244 e. The van der Waals surface area contributed by atoms with Gasteiger partial charge in [0.15, 0.2) is 0 Å². The number of nitrogens with zero attached hydrogens (tertiary/aromatic N) is 2. The molecule has 0 unspecified atom stereocenters. The van der Waals surface area contributed by atoms with Crippen molar-refractivity contribution in [3.63, 3.8) is 0 Å². The predicted octanol–water partition coefficient (Wildman–Crippen LogP) is 4.83. The van der Waals surface area contributed by atoms with Crippen molar-refractivity contribution >= 4 is 39.1 Å². The number of hydrogen-bond donors (Lipinski definition) is 1. The number of aryl methyl sites for hydroxylation is 1. The van der Waals surface area contributed by atoms with E-state index < -0.39 is 28.5 Å². The Morgan fingerprint density at radius 1 is 0.897 bits per heavy atom. The molecule has 3 aromatic carbocycles. The third-order valence-corrected chi connectivity index (χ3v) is 7.63. The Kier molecular flexibility index (Phi) is 10.5. The lowest BCUT2D eigenvalue weighted by Crippen LogP contribution is -2.54. The van der Waals surface area contributed by atoms with Crippen molar-refractivity contribution in [1.29, 1.82) is 0 Å². The van der Waals surface area contributed by atoms with Gasteiger partial charge in [-0.3, -0.25) is 13.9 Å². The summed E-state index contributed by atoms with van der Waals surface area (Å²) in [7, 11) is -3.81. The van der Waals surface area contributed by atoms with E-state index in [2.05, 4.69) is 5.32 Å². The summed E-state index contributed by atoms with van der Waals surface area (Å²) in [6.45, 7) is 5.34. The molecule has 0 aliphatic carbocycles. The second-order valence-electron chi connectivity index (χ2n) is 9.81. The molecule has 0 bridgehead atoms. The summed E-state index contributed by atoms with van der Waals surface area (Å²) in [5.74, 6) is -0.817. The van der Waals surface area contributed by atoms with Gasteiger partial charge in [0.25, 0.3) is 0 Å². The van der Waals surface area contributed by atoms with Crippen molar-refractivity contribution in [2.75, 3.05) is 17.1 Å². The first-order valence-corrected chi connectivity index (χ1v) is 15.2. The van der Waals surface area contributed by atoms with Crippen LogP contribution in [0.15, 0.2) is 78.9 Å². The third-order valence-electron chi connectivity index (χ3n) is 6.26. The van der Waals surface area contributed by atoms with Gasteiger partial charge >= 0.3 is 0 Å². The number of carbonyl (C=O) groups is 2. The number of halogens is 1. The van der Waals surface area contributed by atoms with E-state index >= 15 is 0 Å². The molecule has 1 atom stereocenters. The van der Waals surface area contributed by atoms with Crippen LogP contribution in [0.25, 0.3) is 0 Å². The number of nitrogens with one attached hydrogen (secondary N) is 1. The first-order valence-electron chi connectivity index (χ1n) is 12.9. The van der Waals surface area contributed by atoms with Crippen molar-refractivity contribution < 1.29 is 18.0 Å². The van der Waals surface area contributed by atoms with Crippen molar-refractivity contribution in [2.45, 2.75) is 52.2 Å². The van der Waals surface area contributed by atoms with Crippen LogP contribution in [0.3, 0.4) is 0 Å². The van der Waals surface area contributed by atoms with Crippen molar-refractivity contribution in [3.05, 3.63) is 101 Å². The molecule has 0 heterocycles. The zero-order valence-electron chi connectivity index (χ0n) is 22.8. The molecule has 9 heteroatoms. The van der Waals surface area contributed by atoms with Gasteiger partial charge in [0.2, 0.25) is 21.8 Å². The quantitative estimate of drug-likeness (QED) is 0.338. The van der Waals surface area contributed by atoms with E-state index in [0.29, 0.717) is 10.7 Å². The van der Waals surface area contributed by atoms with Crippen LogP contribution in [0, 0.1) is 0 Å². The predicted molar refractivity (Wildman–Crippen MR) is 157 cm³/mol. The minimum Gasteiger partial charge on any atom is -0.352 e. The van der Waals surface area contributed by atoms with E-state index in [-0.39, 0.29) is 24.9 Å². The van der Waals surface area contributed by atoms with E-state index in [1.165, 1.54) is 4.90 Å². The molecule has 7 nitrogen and oxygen atoms in total. The highest BCUT2D eigenvalue weighted by molar-refractivity contribution is 7.92. The number of benzene rings is 3. The lowest BCUT2D eigenvalue weighted by Gasteiger charge is -2.34. The highest BCUT2D eigenvalue weighted by Gasteiger charge is 2.33. The molecule has 0 fully saturated rings. The van der Waals surface area contributed by atoms with Gasteiger partial charge in [-0.2, -0.15) is 0 Å². The highest BCUT2D eigenvalue weighted by Crippen LogP contribution is 2.22. The van der Waals surface area contributed by atoms with E-state index in [1.54, 1.807) is 30.3 Å². The maximum atomic E-state index is 14.0. The van der Waals surface area contributed by atoms with Crippen LogP contribution >= 0.6 is 11.6 Å². The average Bonchev–Trinajstić information content (AvgIpc) is 2.89. The SMILES string of the molecule is CCc1ccc(N(CC(=O)N(Cc2cccc(Cl)c2)[C@H](Cc2ccccc2)C(=O)NC(C)C)S(C)(=O)=O)cc1. The number of sulfonamides is 1. The van der Waals surface area contributed by atoms with Crippen LogP contribution in [0.2, 0.25) is 5.02 Å². The molecule has 208 valence electrons. The summed E-state index contributed by atoms with van der Waals surface area (Å²) in [6.07, 6.45) is 2.13. The molecule has 3 aromatic rings. The number of hydrogen-bond acceptors (Lipinski definition) is 4. The fourth-order valence-corrected chi connectivity index (χ4v) is 5.34. The normalized spacial score (nSPS) is 12.2. The number of carbonyl (C=O) groups excluding carboxylic acids is 2. The van der Waals surface area contributed by atoms with Gasteiger partial charge in [-0.05, 0) is 61.2 Å². The summed E-state index contributed by atoms with van der Waals surface area (Å²) >= 11 is 6.23. The fourth-order valence-electron chi connectivity index (χ4n) is 4.28. The fraction of sp³-hybridized carbons (Fsp3) is 0.333. The molecule has 0 saturated heterocycles. The maximum absolute atomic E-state index is 14.0. The molecule has 1 N–H and O–H groups in total. The Hall–Kier alpha value is -3.36. The lowest BCUT2D eigenvalue weighted by atomic mass is 10.0. The zero-order chi connectivity index (χ0) is 28.6. The Labute approximate surface area is 236 Å². The third kappa shape index (κ3) is 8.83. The molecule has 0 spiro atoms. The minimum absolute atomic E-state index is 0.0782. The Bertz CT molecular complexity index is 1360. The Balaban J connectivity index is 2.04. The molecule has 39 heavy (non-hydrogen) atoms. The maximum Gasteiger partial charge on any atom is 0.244 e. The van der Waals surface area contributed by atoms with Gasteiger partial charge in [-0.1, -0.05) is 73.1 Å². The second kappa shape index (κ2) is 13.6. The Morgan fingerprint density at radius 2 is 1.54 bits per heavy atom. The van der Waals surface area contributed by atoms with Gasteiger partial charge in [0, 0.05) is 24.0 Å². The number of rotatable bonds is 12. The molecule has 0 radical (unpaired) electrons. The zero-order valence-corrected chi connectivity index (χ0v) is 24.4. The molecule has 0 saturated carbocycles. The molecule has 3 rings (SSSR count). The van der Waals surface area contributed by atoms with E-state index in [1.807, 2.05) is 69.3 Å². The van der Waals surface area contributed by atoms with Gasteiger partial charge < -0.3 is 10.2 Å². The van der Waals surface area contributed by atoms with Crippen LogP contribution in [-0.4, -0.2) is 50.0 Å². The van der Waals surface area contributed by atoms with Gasteiger partial charge in [0.1, 0.15) is 12.6 Å². The monoisotopic (exact) mass is 569 g/mol. The first-order chi connectivity index (χ1) is 18.5. The van der Waals surface area contributed by atoms with E-state index in [0.717, 1.165) is 33.7 Å². The number of anilines is 1. The molecule has 0 aromatic heterocycles. The largest absolute Gasteiger partial charge is 0.352 e. The van der Waals surface area contributed by atoms with Crippen LogP contribution in [0.5, 0.6) is 0 Å². The number of amides is 2. The van der Waals surface area contributed by atoms with Crippen molar-refractivity contribution in [3.8, 4) is 0 Å². The lowest BCUT2D eigenvalue weighted by molar-refractivity contribution is -0.140. The molecule has 0 aliphatic rings. The molecular weight excluding hydrogens is 534 g/mol. The summed E-state index contributed by atoms with van der Waals surface area (Å²) < 4.78 is 26.8. The summed E-state index contributed by atoms with van der Waals surface area (Å²) in [5.41, 5.74) is 3.04. The van der Waals surface area contributed by atoms with Crippen LogP contribution in [0.4, 0.5) is 5.69 Å². The highest BCUT2D eigenvalue weighted by atomic mass is 35.5. The standard InChI is InChI=1S/C30H36ClN3O4S/c1-5-23-14-16-27(17-15-23)34(39(4,37)38)21-29(35)33(20-25-12-9-13-26(31)18-25)28(30(36)32-22(2)3)19-24-10-7-6-8-11-24/h6-18,22,28H,5,19-21H2,1-4H3,(H,32,36)/t28-/m1/s1. The molecule has 0 aliphatic heterocycles. The summed E-state index contributed by atoms with van der Waals surface area (Å²) in [6, 6.07) is 22.5. The van der Waals surface area contributed by atoms with Crippen molar-refractivity contribution in [2.24, 2.45) is 0 Å². The summed E-state index contributed by atoms with van der Waals surface area (Å²) in [5, 5.41) is 3.43. The van der Waals surface area contributed by atoms with Gasteiger partial charge in [0.05, 0.1) is 11.9 Å². The van der Waals surface area contributed by atoms with Gasteiger partial charge in [-0.15, -0.1) is 0 Å². The molecule has 2 amide bonds. The van der Waals surface area contributed by atoms with Gasteiger partial charge in [-0.25, -0.2) is 8.42 Å². The van der Waals surface area contributed by atoms with Crippen LogP contribution in [0.1, 0.15) is 37.5 Å². The minimum atomic E-state index is -3.81. The average molecular weight is 570 g/mol. The van der Waals surface area contributed by atoms with Crippen LogP contribution in [-0.2, 0) is 39.0 Å². The second-order valence-corrected chi connectivity index (χ2v) is 12.2. The topological polar surface area (TPSA) is 86.8 Å². The van der Waals surface area contributed by atoms with Crippen LogP contribution < -0.4 is 9.62 Å². The van der Waals surface area contributed by atoms with E-state index in [4.69, 9.17) is 11.6 Å². The van der Waals surface area contributed by atoms with E-state index in [9.17, 15) is 18.0 Å². The summed E-state index contributed by atoms with van der Waals surface area (Å²) in [4.78, 5) is 29.0.